The first-order valence-electron chi connectivity index (χ1n) is 16.6. The minimum Gasteiger partial charge on any atom is -0.511 e. The van der Waals surface area contributed by atoms with E-state index < -0.39 is 22.1 Å². The predicted octanol–water partition coefficient (Wildman–Crippen LogP) is 8.10. The summed E-state index contributed by atoms with van der Waals surface area (Å²) in [5.41, 5.74) is 31.6. The number of halogens is 1. The van der Waals surface area contributed by atoms with Crippen LogP contribution in [-0.4, -0.2) is 67.0 Å². The van der Waals surface area contributed by atoms with Crippen LogP contribution in [0.3, 0.4) is 0 Å². The first-order valence-corrected chi connectivity index (χ1v) is 17.4. The van der Waals surface area contributed by atoms with Crippen molar-refractivity contribution < 1.29 is 29.5 Å². The van der Waals surface area contributed by atoms with Gasteiger partial charge in [-0.2, -0.15) is 0 Å². The molecule has 0 saturated carbocycles. The van der Waals surface area contributed by atoms with Gasteiger partial charge in [0.15, 0.2) is 0 Å². The lowest BCUT2D eigenvalue weighted by molar-refractivity contribution is -0.384. The highest BCUT2D eigenvalue weighted by Gasteiger charge is 2.16. The van der Waals surface area contributed by atoms with Gasteiger partial charge in [0.05, 0.1) is 43.0 Å². The molecule has 26 heteroatoms. The number of anilines is 5. The highest BCUT2D eigenvalue weighted by atomic mass is 79.9. The maximum atomic E-state index is 10.7. The van der Waals surface area contributed by atoms with Gasteiger partial charge in [0.25, 0.3) is 0 Å². The lowest BCUT2D eigenvalue weighted by Gasteiger charge is -2.06. The van der Waals surface area contributed by atoms with E-state index in [0.29, 0.717) is 32.7 Å². The summed E-state index contributed by atoms with van der Waals surface area (Å²) in [7, 11) is -1.77. The van der Waals surface area contributed by atoms with Crippen LogP contribution in [0, 0.1) is 30.3 Å². The maximum Gasteiger partial charge on any atom is 0.707 e. The molecule has 0 aliphatic heterocycles. The van der Waals surface area contributed by atoms with E-state index in [9.17, 15) is 30.3 Å². The molecule has 7 aromatic rings. The van der Waals surface area contributed by atoms with E-state index in [2.05, 4.69) is 55.5 Å². The number of pyridine rings is 7. The molecule has 0 saturated heterocycles. The summed E-state index contributed by atoms with van der Waals surface area (Å²) >= 11 is 3.02. The first kappa shape index (κ1) is 65.1. The number of nitrogens with two attached hydrogens (primary N) is 5. The summed E-state index contributed by atoms with van der Waals surface area (Å²) in [6.07, 6.45) is 20.5. The Hall–Kier alpha value is -8.49. The summed E-state index contributed by atoms with van der Waals surface area (Å²) in [5.74, 6) is 0.331. The number of hydrogen-bond acceptors (Lipinski definition) is 21. The van der Waals surface area contributed by atoms with E-state index in [4.69, 9.17) is 38.7 Å². The summed E-state index contributed by atoms with van der Waals surface area (Å²) in [5, 5.41) is 47.6. The zero-order valence-electron chi connectivity index (χ0n) is 31.2. The van der Waals surface area contributed by atoms with Crippen molar-refractivity contribution in [3.63, 3.8) is 0 Å². The van der Waals surface area contributed by atoms with Crippen molar-refractivity contribution in [1.29, 1.82) is 0 Å². The molecule has 7 rings (SSSR count). The van der Waals surface area contributed by atoms with Crippen LogP contribution in [0.1, 0.15) is 44.6 Å². The predicted molar refractivity (Wildman–Crippen MR) is 269 cm³/mol. The quantitative estimate of drug-likeness (QED) is 0.0450. The molecule has 0 aliphatic carbocycles. The molecule has 0 atom stereocenters. The van der Waals surface area contributed by atoms with Crippen LogP contribution >= 0.6 is 15.9 Å². The van der Waals surface area contributed by atoms with Gasteiger partial charge < -0.3 is 43.4 Å². The van der Waals surface area contributed by atoms with Crippen molar-refractivity contribution in [2.75, 3.05) is 28.7 Å². The summed E-state index contributed by atoms with van der Waals surface area (Å²) < 4.78 is 4.90. The van der Waals surface area contributed by atoms with Crippen LogP contribution in [0.2, 0.25) is 0 Å². The molecule has 7 heterocycles. The van der Waals surface area contributed by atoms with Gasteiger partial charge in [-0.15, -0.1) is 0 Å². The van der Waals surface area contributed by atoms with Gasteiger partial charge in [0.2, 0.25) is 0 Å². The Kier molecular flexibility index (Phi) is 32.2. The van der Waals surface area contributed by atoms with Crippen LogP contribution in [-0.2, 0) is 0 Å². The fourth-order valence-electron chi connectivity index (χ4n) is 4.26. The SMILES string of the molecule is C.C.C.C.C.C.Nc1c(-c2cccnc2)cncc1[N+](=O)[O-].Nc1c(Br)cncc1[N+](=O)[O-].Nc1ccncc1[N+](=O)[O-].Nc1cncc(-c2cccnc2)c1N.OB(O)Oc1cccnc1. The van der Waals surface area contributed by atoms with E-state index in [1.54, 1.807) is 61.4 Å². The number of hydrogen-bond donors (Lipinski definition) is 7. The van der Waals surface area contributed by atoms with E-state index in [0.717, 1.165) is 29.7 Å². The summed E-state index contributed by atoms with van der Waals surface area (Å²) in [4.78, 5) is 55.9. The van der Waals surface area contributed by atoms with Crippen molar-refractivity contribution in [3.8, 4) is 28.0 Å². The number of nitrogen functional groups attached to an aromatic ring is 5. The monoisotopic (exact) mass is 993 g/mol. The molecule has 24 nitrogen and oxygen atoms in total. The van der Waals surface area contributed by atoms with E-state index >= 15 is 0 Å². The van der Waals surface area contributed by atoms with Crippen LogP contribution < -0.4 is 33.3 Å². The van der Waals surface area contributed by atoms with Gasteiger partial charge in [0.1, 0.15) is 41.4 Å². The number of nitro groups is 3. The molecule has 0 fully saturated rings. The molecule has 0 radical (unpaired) electrons. The average molecular weight is 995 g/mol. The Labute approximate surface area is 397 Å². The molecule has 67 heavy (non-hydrogen) atoms. The second-order valence-electron chi connectivity index (χ2n) is 11.2. The minimum atomic E-state index is -1.77. The number of rotatable bonds is 7. The van der Waals surface area contributed by atoms with E-state index in [-0.39, 0.29) is 78.7 Å². The topological polar surface area (TPSA) is 399 Å². The van der Waals surface area contributed by atoms with Gasteiger partial charge in [-0.3, -0.25) is 65.2 Å². The Morgan fingerprint density at radius 2 is 0.896 bits per heavy atom. The summed E-state index contributed by atoms with van der Waals surface area (Å²) in [6, 6.07) is 11.9. The Morgan fingerprint density at radius 1 is 0.478 bits per heavy atom. The second-order valence-corrected chi connectivity index (χ2v) is 12.0. The van der Waals surface area contributed by atoms with Crippen molar-refractivity contribution >= 4 is 68.8 Å². The molecule has 0 amide bonds. The van der Waals surface area contributed by atoms with Crippen molar-refractivity contribution in [1.82, 2.24) is 34.9 Å². The van der Waals surface area contributed by atoms with Crippen LogP contribution in [0.5, 0.6) is 5.75 Å². The minimum absolute atomic E-state index is 0. The third kappa shape index (κ3) is 20.7. The molecular formula is C41H57BBrN15O9. The van der Waals surface area contributed by atoms with Gasteiger partial charge in [-0.25, -0.2) is 0 Å². The van der Waals surface area contributed by atoms with Gasteiger partial charge in [-0.1, -0.05) is 56.7 Å². The third-order valence-corrected chi connectivity index (χ3v) is 7.78. The van der Waals surface area contributed by atoms with Gasteiger partial charge in [-0.05, 0) is 46.3 Å². The molecule has 0 bridgehead atoms. The molecule has 7 aromatic heterocycles. The molecule has 0 aromatic carbocycles. The largest absolute Gasteiger partial charge is 0.707 e. The number of aromatic nitrogens is 7. The summed E-state index contributed by atoms with van der Waals surface area (Å²) in [6.45, 7) is 0. The molecule has 360 valence electrons. The zero-order valence-corrected chi connectivity index (χ0v) is 32.8. The molecule has 0 aliphatic rings. The smallest absolute Gasteiger partial charge is 0.511 e. The van der Waals surface area contributed by atoms with Crippen molar-refractivity contribution in [3.05, 3.63) is 164 Å². The Morgan fingerprint density at radius 3 is 1.30 bits per heavy atom. The van der Waals surface area contributed by atoms with E-state index in [1.807, 2.05) is 12.1 Å². The van der Waals surface area contributed by atoms with Crippen molar-refractivity contribution in [2.24, 2.45) is 0 Å². The molecular weight excluding hydrogens is 937 g/mol. The Bertz CT molecular complexity index is 2520. The Balaban J connectivity index is -0.000000367. The third-order valence-electron chi connectivity index (χ3n) is 7.15. The van der Waals surface area contributed by atoms with Crippen LogP contribution in [0.25, 0.3) is 22.3 Å². The zero-order chi connectivity index (χ0) is 44.9. The van der Waals surface area contributed by atoms with Crippen LogP contribution in [0.4, 0.5) is 45.5 Å². The van der Waals surface area contributed by atoms with Crippen molar-refractivity contribution in [2.45, 2.75) is 44.6 Å². The first-order chi connectivity index (χ1) is 29.1. The highest BCUT2D eigenvalue weighted by molar-refractivity contribution is 9.10. The fourth-order valence-corrected chi connectivity index (χ4v) is 4.59. The standard InChI is InChI=1S/C10H8N4O2.C10H10N4.C5H6BNO3.C5H4BrN3O2.C5H5N3O2.6CH4/c11-10-8(7-2-1-3-12-4-7)5-13-6-9(10)14(15)16;11-9-6-14-5-8(10(9)12)7-2-1-3-13-4-7;8-6(9)10-5-2-1-3-7-4-5;6-3-1-8-2-4(5(3)7)9(10)11;6-4-1-2-7-3-5(4)8(9)10;;;;;;/h1-6H,(H2,11,13);1-6H,11H2,(H2,12,14);1-4,8-9H;1-2H,(H2,7,8);1-3H,(H2,6,7);6*1H4. The lowest BCUT2D eigenvalue weighted by Crippen LogP contribution is -2.20. The normalized spacial score (nSPS) is 8.76. The van der Waals surface area contributed by atoms with Crippen LogP contribution in [0.15, 0.2) is 134 Å². The van der Waals surface area contributed by atoms with Gasteiger partial charge in [0, 0.05) is 78.0 Å². The average Bonchev–Trinajstić information content (AvgIpc) is 3.24. The van der Waals surface area contributed by atoms with Gasteiger partial charge >= 0.3 is 24.4 Å². The highest BCUT2D eigenvalue weighted by Crippen LogP contribution is 2.31. The lowest BCUT2D eigenvalue weighted by atomic mass is 10.1. The number of nitrogens with zero attached hydrogens (tertiary/aromatic N) is 10. The van der Waals surface area contributed by atoms with E-state index in [1.165, 1.54) is 37.1 Å². The maximum absolute atomic E-state index is 10.7. The molecule has 0 unspecified atom stereocenters. The molecule has 12 N–H and O–H groups in total. The second kappa shape index (κ2) is 33.1. The fraction of sp³-hybridized carbons (Fsp3) is 0.146. The molecule has 0 spiro atoms.